The average molecular weight is 207 g/mol. The van der Waals surface area contributed by atoms with E-state index in [1.165, 1.54) is 19.3 Å². The number of carboxylic acids is 1. The molecule has 2 aliphatic heterocycles. The summed E-state index contributed by atoms with van der Waals surface area (Å²) in [5.74, 6) is 0.403. The van der Waals surface area contributed by atoms with Crippen molar-refractivity contribution in [1.29, 1.82) is 0 Å². The van der Waals surface area contributed by atoms with Crippen LogP contribution in [0.2, 0.25) is 0 Å². The second-order valence-corrected chi connectivity index (χ2v) is 5.12. The summed E-state index contributed by atoms with van der Waals surface area (Å²) in [7, 11) is 0. The molecule has 2 heterocycles. The molecule has 0 bridgehead atoms. The maximum atomic E-state index is 11.6. The van der Waals surface area contributed by atoms with E-state index in [-0.39, 0.29) is 0 Å². The van der Waals surface area contributed by atoms with E-state index in [1.807, 2.05) is 12.3 Å². The van der Waals surface area contributed by atoms with Crippen molar-refractivity contribution >= 4 is 5.97 Å². The Morgan fingerprint density at radius 3 is 3.00 bits per heavy atom. The first-order valence-electron chi connectivity index (χ1n) is 5.92. The molecule has 1 saturated carbocycles. The van der Waals surface area contributed by atoms with Gasteiger partial charge < -0.3 is 10.0 Å². The smallest absolute Gasteiger partial charge is 0.330 e. The van der Waals surface area contributed by atoms with Crippen LogP contribution in [0.1, 0.15) is 32.1 Å². The summed E-state index contributed by atoms with van der Waals surface area (Å²) >= 11 is 0. The maximum Gasteiger partial charge on any atom is 0.330 e. The summed E-state index contributed by atoms with van der Waals surface area (Å²) in [6, 6.07) is 0. The molecule has 15 heavy (non-hydrogen) atoms. The topological polar surface area (TPSA) is 40.5 Å². The summed E-state index contributed by atoms with van der Waals surface area (Å²) in [5, 5.41) is 9.53. The molecule has 3 atom stereocenters. The van der Waals surface area contributed by atoms with Gasteiger partial charge in [0.25, 0.3) is 0 Å². The van der Waals surface area contributed by atoms with Gasteiger partial charge in [-0.25, -0.2) is 4.79 Å². The molecule has 3 nitrogen and oxygen atoms in total. The van der Waals surface area contributed by atoms with Crippen LogP contribution in [-0.4, -0.2) is 28.1 Å². The molecule has 1 N–H and O–H groups in total. The first-order valence-corrected chi connectivity index (χ1v) is 5.92. The minimum absolute atomic E-state index is 0.388. The van der Waals surface area contributed by atoms with E-state index in [9.17, 15) is 9.90 Å². The first-order chi connectivity index (χ1) is 7.25. The molecule has 1 aliphatic carbocycles. The molecule has 3 rings (SSSR count). The van der Waals surface area contributed by atoms with E-state index >= 15 is 0 Å². The number of carbonyl (C=O) groups is 1. The molecule has 2 fully saturated rings. The molecule has 0 radical (unpaired) electrons. The third-order valence-electron chi connectivity index (χ3n) is 4.55. The van der Waals surface area contributed by atoms with Gasteiger partial charge in [-0.15, -0.1) is 0 Å². The number of hydrogen-bond donors (Lipinski definition) is 1. The largest absolute Gasteiger partial charge is 0.479 e. The van der Waals surface area contributed by atoms with Crippen LogP contribution >= 0.6 is 0 Å². The van der Waals surface area contributed by atoms with E-state index in [4.69, 9.17) is 0 Å². The monoisotopic (exact) mass is 207 g/mol. The van der Waals surface area contributed by atoms with Crippen molar-refractivity contribution < 1.29 is 9.90 Å². The van der Waals surface area contributed by atoms with Gasteiger partial charge in [-0.1, -0.05) is 18.9 Å². The molecule has 0 aromatic carbocycles. The Kier molecular flexibility index (Phi) is 1.85. The fourth-order valence-electron chi connectivity index (χ4n) is 3.87. The molecular formula is C12H17NO2. The van der Waals surface area contributed by atoms with Gasteiger partial charge in [0.05, 0.1) is 0 Å². The molecule has 0 spiro atoms. The second kappa shape index (κ2) is 3.00. The van der Waals surface area contributed by atoms with E-state index in [0.717, 1.165) is 13.0 Å². The Balaban J connectivity index is 1.98. The molecule has 0 aromatic rings. The predicted octanol–water partition coefficient (Wildman–Crippen LogP) is 1.85. The zero-order valence-corrected chi connectivity index (χ0v) is 8.85. The number of carboxylic acid groups (broad SMARTS) is 1. The lowest BCUT2D eigenvalue weighted by Crippen LogP contribution is -2.50. The highest BCUT2D eigenvalue weighted by Gasteiger charge is 2.58. The summed E-state index contributed by atoms with van der Waals surface area (Å²) in [5.41, 5.74) is -0.564. The van der Waals surface area contributed by atoms with Gasteiger partial charge in [-0.2, -0.15) is 0 Å². The Morgan fingerprint density at radius 1 is 1.40 bits per heavy atom. The quantitative estimate of drug-likeness (QED) is 0.713. The molecule has 82 valence electrons. The van der Waals surface area contributed by atoms with Crippen molar-refractivity contribution in [3.8, 4) is 0 Å². The van der Waals surface area contributed by atoms with E-state index in [2.05, 4.69) is 4.90 Å². The molecule has 3 aliphatic rings. The van der Waals surface area contributed by atoms with Gasteiger partial charge in [-0.3, -0.25) is 0 Å². The second-order valence-electron chi connectivity index (χ2n) is 5.12. The minimum Gasteiger partial charge on any atom is -0.479 e. The lowest BCUT2D eigenvalue weighted by molar-refractivity contribution is -0.150. The number of hydrogen-bond acceptors (Lipinski definition) is 2. The highest BCUT2D eigenvalue weighted by molar-refractivity contribution is 5.81. The number of aliphatic carboxylic acids is 1. The van der Waals surface area contributed by atoms with Crippen LogP contribution < -0.4 is 0 Å². The van der Waals surface area contributed by atoms with Gasteiger partial charge in [0, 0.05) is 13.0 Å². The van der Waals surface area contributed by atoms with Crippen LogP contribution in [-0.2, 0) is 4.79 Å². The van der Waals surface area contributed by atoms with Crippen LogP contribution in [0.5, 0.6) is 0 Å². The Bertz CT molecular complexity index is 326. The highest BCUT2D eigenvalue weighted by atomic mass is 16.4. The molecule has 0 aromatic heterocycles. The minimum atomic E-state index is -0.609. The highest BCUT2D eigenvalue weighted by Crippen LogP contribution is 2.50. The van der Waals surface area contributed by atoms with E-state index in [0.29, 0.717) is 18.3 Å². The van der Waals surface area contributed by atoms with Crippen molar-refractivity contribution in [2.45, 2.75) is 37.6 Å². The van der Waals surface area contributed by atoms with Crippen LogP contribution in [0.25, 0.3) is 0 Å². The van der Waals surface area contributed by atoms with Gasteiger partial charge in [0.1, 0.15) is 5.54 Å². The summed E-state index contributed by atoms with van der Waals surface area (Å²) in [6.45, 7) is 0.966. The Labute approximate surface area is 89.8 Å². The number of fused-ring (bicyclic) bond motifs is 3. The fourth-order valence-corrected chi connectivity index (χ4v) is 3.87. The standard InChI is InChI=1S/C12H17NO2/c14-11(15)12-6-3-7-13(12)8-9-4-1-2-5-10(9)12/h3,7,9-10H,1-2,4-6,8H2,(H,14,15). The molecule has 0 amide bonds. The SMILES string of the molecule is O=C(O)C12CC=CN1CC1CCCCC12. The summed E-state index contributed by atoms with van der Waals surface area (Å²) in [4.78, 5) is 13.7. The lowest BCUT2D eigenvalue weighted by Gasteiger charge is -2.36. The molecule has 3 heteroatoms. The van der Waals surface area contributed by atoms with Crippen molar-refractivity contribution in [2.24, 2.45) is 11.8 Å². The van der Waals surface area contributed by atoms with E-state index < -0.39 is 11.5 Å². The summed E-state index contributed by atoms with van der Waals surface area (Å²) in [6.07, 6.45) is 9.58. The van der Waals surface area contributed by atoms with Gasteiger partial charge in [0.2, 0.25) is 0 Å². The van der Waals surface area contributed by atoms with Crippen LogP contribution in [0, 0.1) is 11.8 Å². The van der Waals surface area contributed by atoms with Crippen LogP contribution in [0.4, 0.5) is 0 Å². The number of nitrogens with zero attached hydrogens (tertiary/aromatic N) is 1. The third kappa shape index (κ3) is 1.04. The lowest BCUT2D eigenvalue weighted by atomic mass is 9.71. The number of rotatable bonds is 1. The molecular weight excluding hydrogens is 190 g/mol. The van der Waals surface area contributed by atoms with Crippen LogP contribution in [0.3, 0.4) is 0 Å². The van der Waals surface area contributed by atoms with Crippen molar-refractivity contribution in [2.75, 3.05) is 6.54 Å². The maximum absolute atomic E-state index is 11.6. The van der Waals surface area contributed by atoms with Crippen molar-refractivity contribution in [1.82, 2.24) is 4.90 Å². The first kappa shape index (κ1) is 9.25. The average Bonchev–Trinajstić information content (AvgIpc) is 2.73. The van der Waals surface area contributed by atoms with Gasteiger partial charge in [-0.05, 0) is 30.9 Å². The van der Waals surface area contributed by atoms with Crippen molar-refractivity contribution in [3.63, 3.8) is 0 Å². The Hall–Kier alpha value is -0.990. The normalized spacial score (nSPS) is 42.8. The molecule has 3 unspecified atom stereocenters. The zero-order chi connectivity index (χ0) is 10.5. The zero-order valence-electron chi connectivity index (χ0n) is 8.85. The predicted molar refractivity (Wildman–Crippen MR) is 56.3 cm³/mol. The van der Waals surface area contributed by atoms with Gasteiger partial charge in [0.15, 0.2) is 0 Å². The molecule has 1 saturated heterocycles. The summed E-state index contributed by atoms with van der Waals surface area (Å²) < 4.78 is 0. The third-order valence-corrected chi connectivity index (χ3v) is 4.55. The van der Waals surface area contributed by atoms with Gasteiger partial charge >= 0.3 is 5.97 Å². The van der Waals surface area contributed by atoms with Crippen LogP contribution in [0.15, 0.2) is 12.3 Å². The fraction of sp³-hybridized carbons (Fsp3) is 0.750. The Morgan fingerprint density at radius 2 is 2.20 bits per heavy atom. The van der Waals surface area contributed by atoms with E-state index in [1.54, 1.807) is 0 Å². The van der Waals surface area contributed by atoms with Crippen molar-refractivity contribution in [3.05, 3.63) is 12.3 Å².